The number of halogens is 1. The number of hydrogen-bond acceptors (Lipinski definition) is 4. The molecule has 0 unspecified atom stereocenters. The van der Waals surface area contributed by atoms with E-state index in [-0.39, 0.29) is 17.2 Å². The molecule has 0 atom stereocenters. The minimum absolute atomic E-state index is 0.121. The number of rotatable bonds is 4. The van der Waals surface area contributed by atoms with Gasteiger partial charge >= 0.3 is 0 Å². The third-order valence-electron chi connectivity index (χ3n) is 2.63. The van der Waals surface area contributed by atoms with Crippen LogP contribution in [0.3, 0.4) is 0 Å². The van der Waals surface area contributed by atoms with Crippen LogP contribution < -0.4 is 11.1 Å². The summed E-state index contributed by atoms with van der Waals surface area (Å²) in [5.41, 5.74) is 6.50. The highest BCUT2D eigenvalue weighted by Gasteiger charge is 2.12. The van der Waals surface area contributed by atoms with E-state index in [0.717, 1.165) is 10.7 Å². The van der Waals surface area contributed by atoms with Crippen molar-refractivity contribution in [3.05, 3.63) is 45.7 Å². The van der Waals surface area contributed by atoms with Crippen molar-refractivity contribution in [2.45, 2.75) is 13.3 Å². The lowest BCUT2D eigenvalue weighted by Gasteiger charge is -2.07. The lowest BCUT2D eigenvalue weighted by molar-refractivity contribution is 0.0954. The Labute approximate surface area is 114 Å². The van der Waals surface area contributed by atoms with Gasteiger partial charge in [-0.2, -0.15) is 0 Å². The van der Waals surface area contributed by atoms with Crippen LogP contribution in [-0.4, -0.2) is 17.4 Å². The molecule has 0 saturated heterocycles. The number of nitrogens with zero attached hydrogens (tertiary/aromatic N) is 1. The molecule has 0 aliphatic carbocycles. The third kappa shape index (κ3) is 3.29. The summed E-state index contributed by atoms with van der Waals surface area (Å²) in [7, 11) is 0. The van der Waals surface area contributed by atoms with Gasteiger partial charge < -0.3 is 11.1 Å². The maximum Gasteiger partial charge on any atom is 0.253 e. The molecule has 0 saturated carbocycles. The predicted molar refractivity (Wildman–Crippen MR) is 73.7 cm³/mol. The summed E-state index contributed by atoms with van der Waals surface area (Å²) in [6, 6.07) is 4.19. The van der Waals surface area contributed by atoms with Crippen LogP contribution in [0.25, 0.3) is 0 Å². The quantitative estimate of drug-likeness (QED) is 0.843. The molecule has 2 aromatic rings. The molecule has 0 radical (unpaired) electrons. The number of nitrogens with two attached hydrogens (primary N) is 1. The van der Waals surface area contributed by atoms with Gasteiger partial charge in [0.05, 0.1) is 22.0 Å². The van der Waals surface area contributed by atoms with Crippen LogP contribution in [-0.2, 0) is 6.42 Å². The van der Waals surface area contributed by atoms with E-state index in [1.54, 1.807) is 11.3 Å². The van der Waals surface area contributed by atoms with E-state index < -0.39 is 5.82 Å². The number of para-hydroxylation sites is 1. The van der Waals surface area contributed by atoms with Crippen LogP contribution in [0.4, 0.5) is 10.1 Å². The van der Waals surface area contributed by atoms with Crippen molar-refractivity contribution < 1.29 is 9.18 Å². The van der Waals surface area contributed by atoms with Crippen molar-refractivity contribution in [1.29, 1.82) is 0 Å². The van der Waals surface area contributed by atoms with Crippen molar-refractivity contribution in [1.82, 2.24) is 10.3 Å². The highest BCUT2D eigenvalue weighted by atomic mass is 32.1. The molecule has 0 spiro atoms. The standard InChI is InChI=1S/C13H14FN3OS/c1-8-17-9(7-19-8)5-6-16-13(18)10-3-2-4-11(14)12(10)15/h2-4,7H,5-6,15H2,1H3,(H,16,18). The van der Waals surface area contributed by atoms with E-state index in [0.29, 0.717) is 13.0 Å². The topological polar surface area (TPSA) is 68.0 Å². The SMILES string of the molecule is Cc1nc(CCNC(=O)c2cccc(F)c2N)cs1. The molecule has 0 fully saturated rings. The monoisotopic (exact) mass is 279 g/mol. The lowest BCUT2D eigenvalue weighted by atomic mass is 10.1. The second-order valence-electron chi connectivity index (χ2n) is 4.06. The van der Waals surface area contributed by atoms with Crippen molar-refractivity contribution in [2.75, 3.05) is 12.3 Å². The first-order valence-corrected chi connectivity index (χ1v) is 6.69. The highest BCUT2D eigenvalue weighted by Crippen LogP contribution is 2.15. The molecular formula is C13H14FN3OS. The number of aromatic nitrogens is 1. The van der Waals surface area contributed by atoms with E-state index in [9.17, 15) is 9.18 Å². The minimum Gasteiger partial charge on any atom is -0.396 e. The summed E-state index contributed by atoms with van der Waals surface area (Å²) in [4.78, 5) is 16.1. The molecule has 100 valence electrons. The highest BCUT2D eigenvalue weighted by molar-refractivity contribution is 7.09. The van der Waals surface area contributed by atoms with Crippen LogP contribution in [0, 0.1) is 12.7 Å². The van der Waals surface area contributed by atoms with Gasteiger partial charge in [0.25, 0.3) is 5.91 Å². The number of nitrogens with one attached hydrogen (secondary N) is 1. The van der Waals surface area contributed by atoms with Crippen LogP contribution in [0.5, 0.6) is 0 Å². The maximum absolute atomic E-state index is 13.2. The average Bonchev–Trinajstić information content (AvgIpc) is 2.78. The zero-order chi connectivity index (χ0) is 13.8. The van der Waals surface area contributed by atoms with Gasteiger partial charge in [0.2, 0.25) is 0 Å². The Hall–Kier alpha value is -1.95. The number of carbonyl (C=O) groups excluding carboxylic acids is 1. The van der Waals surface area contributed by atoms with Gasteiger partial charge in [-0.3, -0.25) is 4.79 Å². The zero-order valence-electron chi connectivity index (χ0n) is 10.4. The normalized spacial score (nSPS) is 10.4. The molecule has 0 bridgehead atoms. The van der Waals surface area contributed by atoms with Gasteiger partial charge in [-0.15, -0.1) is 11.3 Å². The van der Waals surface area contributed by atoms with Gasteiger partial charge in [0.15, 0.2) is 0 Å². The number of anilines is 1. The molecule has 2 rings (SSSR count). The van der Waals surface area contributed by atoms with Gasteiger partial charge in [0, 0.05) is 18.3 Å². The van der Waals surface area contributed by atoms with Gasteiger partial charge in [0.1, 0.15) is 5.82 Å². The fourth-order valence-electron chi connectivity index (χ4n) is 1.66. The van der Waals surface area contributed by atoms with E-state index in [4.69, 9.17) is 5.73 Å². The molecule has 1 amide bonds. The Balaban J connectivity index is 1.93. The predicted octanol–water partition coefficient (Wildman–Crippen LogP) is 2.15. The third-order valence-corrected chi connectivity index (χ3v) is 3.45. The number of amides is 1. The Morgan fingerprint density at radius 2 is 2.32 bits per heavy atom. The van der Waals surface area contributed by atoms with Crippen LogP contribution in [0.2, 0.25) is 0 Å². The van der Waals surface area contributed by atoms with Gasteiger partial charge in [-0.05, 0) is 19.1 Å². The van der Waals surface area contributed by atoms with E-state index in [1.165, 1.54) is 18.2 Å². The Morgan fingerprint density at radius 3 is 3.00 bits per heavy atom. The second-order valence-corrected chi connectivity index (χ2v) is 5.13. The summed E-state index contributed by atoms with van der Waals surface area (Å²) >= 11 is 1.57. The molecule has 1 aromatic heterocycles. The smallest absolute Gasteiger partial charge is 0.253 e. The first-order chi connectivity index (χ1) is 9.08. The largest absolute Gasteiger partial charge is 0.396 e. The van der Waals surface area contributed by atoms with Crippen LogP contribution in [0.1, 0.15) is 21.1 Å². The van der Waals surface area contributed by atoms with Crippen molar-refractivity contribution in [2.24, 2.45) is 0 Å². The molecule has 6 heteroatoms. The number of aryl methyl sites for hydroxylation is 1. The molecule has 4 nitrogen and oxygen atoms in total. The summed E-state index contributed by atoms with van der Waals surface area (Å²) in [5, 5.41) is 5.66. The van der Waals surface area contributed by atoms with E-state index in [1.807, 2.05) is 12.3 Å². The lowest BCUT2D eigenvalue weighted by Crippen LogP contribution is -2.26. The summed E-state index contributed by atoms with van der Waals surface area (Å²) in [5.74, 6) is -0.952. The molecule has 1 heterocycles. The zero-order valence-corrected chi connectivity index (χ0v) is 11.3. The number of benzene rings is 1. The molecule has 19 heavy (non-hydrogen) atoms. The van der Waals surface area contributed by atoms with Crippen molar-refractivity contribution in [3.8, 4) is 0 Å². The van der Waals surface area contributed by atoms with E-state index in [2.05, 4.69) is 10.3 Å². The van der Waals surface area contributed by atoms with Crippen LogP contribution >= 0.6 is 11.3 Å². The minimum atomic E-state index is -0.581. The molecular weight excluding hydrogens is 265 g/mol. The maximum atomic E-state index is 13.2. The molecule has 0 aliphatic heterocycles. The number of carbonyl (C=O) groups is 1. The molecule has 0 aliphatic rings. The first kappa shape index (κ1) is 13.5. The van der Waals surface area contributed by atoms with Crippen LogP contribution in [0.15, 0.2) is 23.6 Å². The first-order valence-electron chi connectivity index (χ1n) is 5.81. The number of thiazole rings is 1. The van der Waals surface area contributed by atoms with Gasteiger partial charge in [-0.25, -0.2) is 9.37 Å². The number of nitrogen functional groups attached to an aromatic ring is 1. The second kappa shape index (κ2) is 5.79. The number of hydrogen-bond donors (Lipinski definition) is 2. The Kier molecular flexibility index (Phi) is 4.11. The summed E-state index contributed by atoms with van der Waals surface area (Å²) in [6.45, 7) is 2.37. The fraction of sp³-hybridized carbons (Fsp3) is 0.231. The van der Waals surface area contributed by atoms with Crippen molar-refractivity contribution in [3.63, 3.8) is 0 Å². The van der Waals surface area contributed by atoms with E-state index >= 15 is 0 Å². The molecule has 3 N–H and O–H groups in total. The molecule has 1 aromatic carbocycles. The van der Waals surface area contributed by atoms with Gasteiger partial charge in [-0.1, -0.05) is 6.07 Å². The van der Waals surface area contributed by atoms with Crippen molar-refractivity contribution >= 4 is 22.9 Å². The Bertz CT molecular complexity index is 597. The summed E-state index contributed by atoms with van der Waals surface area (Å²) < 4.78 is 13.2. The average molecular weight is 279 g/mol. The Morgan fingerprint density at radius 1 is 1.53 bits per heavy atom. The summed E-state index contributed by atoms with van der Waals surface area (Å²) in [6.07, 6.45) is 0.644. The fourth-order valence-corrected chi connectivity index (χ4v) is 2.30.